The van der Waals surface area contributed by atoms with Crippen LogP contribution in [-0.2, 0) is 0 Å². The van der Waals surface area contributed by atoms with Crippen LogP contribution in [0.15, 0.2) is 45.4 Å². The summed E-state index contributed by atoms with van der Waals surface area (Å²) in [5.74, 6) is -0.184. The SMILES string of the molecule is COc1cc2ccc(Br)cc2cc1-c1cc(C(=O)O)no1. The van der Waals surface area contributed by atoms with Crippen molar-refractivity contribution < 1.29 is 19.2 Å². The number of aromatic nitrogens is 1. The molecular formula is C15H10BrNO4. The second-order valence-corrected chi connectivity index (χ2v) is 5.34. The van der Waals surface area contributed by atoms with E-state index in [9.17, 15) is 4.79 Å². The lowest BCUT2D eigenvalue weighted by Gasteiger charge is -2.08. The molecule has 1 N–H and O–H groups in total. The maximum absolute atomic E-state index is 10.9. The molecule has 0 unspecified atom stereocenters. The van der Waals surface area contributed by atoms with Crippen LogP contribution in [-0.4, -0.2) is 23.3 Å². The lowest BCUT2D eigenvalue weighted by Crippen LogP contribution is -1.94. The Labute approximate surface area is 128 Å². The molecule has 0 radical (unpaired) electrons. The number of carbonyl (C=O) groups is 1. The summed E-state index contributed by atoms with van der Waals surface area (Å²) in [6.07, 6.45) is 0. The van der Waals surface area contributed by atoms with Crippen LogP contribution in [0.3, 0.4) is 0 Å². The summed E-state index contributed by atoms with van der Waals surface area (Å²) in [6, 6.07) is 11.0. The minimum Gasteiger partial charge on any atom is -0.496 e. The summed E-state index contributed by atoms with van der Waals surface area (Å²) in [7, 11) is 1.55. The van der Waals surface area contributed by atoms with E-state index in [0.717, 1.165) is 15.2 Å². The highest BCUT2D eigenvalue weighted by molar-refractivity contribution is 9.10. The quantitative estimate of drug-likeness (QED) is 0.776. The summed E-state index contributed by atoms with van der Waals surface area (Å²) in [5, 5.41) is 14.4. The molecule has 3 rings (SSSR count). The molecule has 0 aliphatic heterocycles. The van der Waals surface area contributed by atoms with E-state index < -0.39 is 5.97 Å². The van der Waals surface area contributed by atoms with Gasteiger partial charge >= 0.3 is 5.97 Å². The van der Waals surface area contributed by atoms with Gasteiger partial charge < -0.3 is 14.4 Å². The van der Waals surface area contributed by atoms with E-state index in [1.54, 1.807) is 7.11 Å². The van der Waals surface area contributed by atoms with Crippen molar-refractivity contribution >= 4 is 32.7 Å². The fourth-order valence-electron chi connectivity index (χ4n) is 2.11. The van der Waals surface area contributed by atoms with Crippen molar-refractivity contribution in [3.8, 4) is 17.1 Å². The number of aromatic carboxylic acids is 1. The van der Waals surface area contributed by atoms with Crippen LogP contribution in [0.2, 0.25) is 0 Å². The molecule has 0 aliphatic carbocycles. The summed E-state index contributed by atoms with van der Waals surface area (Å²) in [6.45, 7) is 0. The summed E-state index contributed by atoms with van der Waals surface area (Å²) < 4.78 is 11.4. The molecule has 0 aliphatic rings. The number of fused-ring (bicyclic) bond motifs is 1. The van der Waals surface area contributed by atoms with Crippen molar-refractivity contribution in [2.75, 3.05) is 7.11 Å². The Morgan fingerprint density at radius 1 is 1.24 bits per heavy atom. The smallest absolute Gasteiger partial charge is 0.358 e. The van der Waals surface area contributed by atoms with Gasteiger partial charge in [-0.15, -0.1) is 0 Å². The Hall–Kier alpha value is -2.34. The molecule has 21 heavy (non-hydrogen) atoms. The van der Waals surface area contributed by atoms with Gasteiger partial charge in [-0.2, -0.15) is 0 Å². The molecule has 0 fully saturated rings. The van der Waals surface area contributed by atoms with E-state index in [4.69, 9.17) is 14.4 Å². The van der Waals surface area contributed by atoms with E-state index in [2.05, 4.69) is 21.1 Å². The first-order valence-electron chi connectivity index (χ1n) is 6.06. The number of carboxylic acids is 1. The number of benzene rings is 2. The number of ether oxygens (including phenoxy) is 1. The Bertz CT molecular complexity index is 841. The van der Waals surface area contributed by atoms with Crippen molar-refractivity contribution in [2.45, 2.75) is 0 Å². The van der Waals surface area contributed by atoms with Crippen LogP contribution < -0.4 is 4.74 Å². The van der Waals surface area contributed by atoms with Crippen LogP contribution in [0, 0.1) is 0 Å². The van der Waals surface area contributed by atoms with Gasteiger partial charge in [0, 0.05) is 10.5 Å². The van der Waals surface area contributed by atoms with Crippen molar-refractivity contribution in [3.63, 3.8) is 0 Å². The Balaban J connectivity index is 2.21. The summed E-state index contributed by atoms with van der Waals surface area (Å²) in [5.41, 5.74) is 0.518. The molecule has 5 nitrogen and oxygen atoms in total. The highest BCUT2D eigenvalue weighted by Gasteiger charge is 2.16. The third kappa shape index (κ3) is 2.50. The molecule has 0 spiro atoms. The standard InChI is InChI=1S/C15H10BrNO4/c1-20-13-6-8-2-3-10(16)4-9(8)5-11(13)14-7-12(15(18)19)17-21-14/h2-7H,1H3,(H,18,19). The molecule has 2 aromatic carbocycles. The molecule has 106 valence electrons. The summed E-state index contributed by atoms with van der Waals surface area (Å²) >= 11 is 3.43. The molecule has 0 amide bonds. The zero-order valence-electron chi connectivity index (χ0n) is 11.0. The van der Waals surface area contributed by atoms with Gasteiger partial charge in [0.15, 0.2) is 11.5 Å². The number of carboxylic acid groups (broad SMARTS) is 1. The minimum absolute atomic E-state index is 0.138. The molecule has 0 saturated heterocycles. The molecular weight excluding hydrogens is 338 g/mol. The lowest BCUT2D eigenvalue weighted by molar-refractivity contribution is 0.0686. The Morgan fingerprint density at radius 2 is 2.05 bits per heavy atom. The molecule has 0 atom stereocenters. The van der Waals surface area contributed by atoms with Crippen LogP contribution >= 0.6 is 15.9 Å². The second kappa shape index (κ2) is 5.21. The zero-order chi connectivity index (χ0) is 15.0. The molecule has 3 aromatic rings. The number of hydrogen-bond donors (Lipinski definition) is 1. The predicted octanol–water partition coefficient (Wildman–Crippen LogP) is 3.96. The van der Waals surface area contributed by atoms with E-state index in [1.807, 2.05) is 30.3 Å². The van der Waals surface area contributed by atoms with E-state index >= 15 is 0 Å². The van der Waals surface area contributed by atoms with Crippen LogP contribution in [0.1, 0.15) is 10.5 Å². The van der Waals surface area contributed by atoms with Crippen molar-refractivity contribution in [1.82, 2.24) is 5.16 Å². The largest absolute Gasteiger partial charge is 0.496 e. The monoisotopic (exact) mass is 347 g/mol. The highest BCUT2D eigenvalue weighted by Crippen LogP contribution is 2.35. The van der Waals surface area contributed by atoms with Crippen molar-refractivity contribution in [1.29, 1.82) is 0 Å². The molecule has 1 heterocycles. The molecule has 1 aromatic heterocycles. The first-order chi connectivity index (χ1) is 10.1. The third-order valence-electron chi connectivity index (χ3n) is 3.12. The first-order valence-corrected chi connectivity index (χ1v) is 6.85. The number of nitrogens with zero attached hydrogens (tertiary/aromatic N) is 1. The van der Waals surface area contributed by atoms with Gasteiger partial charge in [0.2, 0.25) is 0 Å². The average Bonchev–Trinajstić information content (AvgIpc) is 2.95. The maximum Gasteiger partial charge on any atom is 0.358 e. The number of rotatable bonds is 3. The van der Waals surface area contributed by atoms with Gasteiger partial charge in [-0.25, -0.2) is 4.79 Å². The van der Waals surface area contributed by atoms with E-state index in [-0.39, 0.29) is 5.69 Å². The van der Waals surface area contributed by atoms with Gasteiger partial charge in [-0.3, -0.25) is 0 Å². The number of halogens is 1. The number of methoxy groups -OCH3 is 1. The van der Waals surface area contributed by atoms with Crippen LogP contribution in [0.4, 0.5) is 0 Å². The lowest BCUT2D eigenvalue weighted by atomic mass is 10.0. The van der Waals surface area contributed by atoms with E-state index in [0.29, 0.717) is 17.1 Å². The Kier molecular flexibility index (Phi) is 3.39. The van der Waals surface area contributed by atoms with Gasteiger partial charge in [0.1, 0.15) is 5.75 Å². The molecule has 6 heteroatoms. The fourth-order valence-corrected chi connectivity index (χ4v) is 2.49. The average molecular weight is 348 g/mol. The normalized spacial score (nSPS) is 10.8. The topological polar surface area (TPSA) is 72.6 Å². The van der Waals surface area contributed by atoms with Crippen molar-refractivity contribution in [3.05, 3.63) is 46.6 Å². The predicted molar refractivity (Wildman–Crippen MR) is 80.7 cm³/mol. The highest BCUT2D eigenvalue weighted by atomic mass is 79.9. The van der Waals surface area contributed by atoms with Gasteiger partial charge in [0.05, 0.1) is 12.7 Å². The van der Waals surface area contributed by atoms with Gasteiger partial charge in [-0.05, 0) is 35.0 Å². The Morgan fingerprint density at radius 3 is 2.71 bits per heavy atom. The van der Waals surface area contributed by atoms with Gasteiger partial charge in [0.25, 0.3) is 0 Å². The van der Waals surface area contributed by atoms with Gasteiger partial charge in [-0.1, -0.05) is 27.2 Å². The zero-order valence-corrected chi connectivity index (χ0v) is 12.5. The van der Waals surface area contributed by atoms with Crippen LogP contribution in [0.25, 0.3) is 22.1 Å². The number of hydrogen-bond acceptors (Lipinski definition) is 4. The molecule has 0 bridgehead atoms. The van der Waals surface area contributed by atoms with Crippen molar-refractivity contribution in [2.24, 2.45) is 0 Å². The third-order valence-corrected chi connectivity index (χ3v) is 3.61. The maximum atomic E-state index is 10.9. The molecule has 0 saturated carbocycles. The second-order valence-electron chi connectivity index (χ2n) is 4.43. The minimum atomic E-state index is -1.13. The first kappa shape index (κ1) is 13.6. The van der Waals surface area contributed by atoms with Crippen LogP contribution in [0.5, 0.6) is 5.75 Å². The fraction of sp³-hybridized carbons (Fsp3) is 0.0667. The van der Waals surface area contributed by atoms with E-state index in [1.165, 1.54) is 6.07 Å². The summed E-state index contributed by atoms with van der Waals surface area (Å²) in [4.78, 5) is 10.9.